The van der Waals surface area contributed by atoms with E-state index in [1.54, 1.807) is 24.3 Å². The number of methoxy groups -OCH3 is 1. The maximum atomic E-state index is 12.8. The molecule has 7 nitrogen and oxygen atoms in total. The SMILES string of the molecule is COc1ccccc1CN(C)S(=O)(=O)c1ccc([N+](=O)[O-])cc1C. The van der Waals surface area contributed by atoms with Gasteiger partial charge in [-0.1, -0.05) is 18.2 Å². The van der Waals surface area contributed by atoms with E-state index in [1.165, 1.54) is 43.6 Å². The number of rotatable bonds is 6. The second-order valence-corrected chi connectivity index (χ2v) is 7.29. The summed E-state index contributed by atoms with van der Waals surface area (Å²) in [7, 11) is -0.798. The number of nitro groups is 1. The lowest BCUT2D eigenvalue weighted by molar-refractivity contribution is -0.385. The van der Waals surface area contributed by atoms with Gasteiger partial charge in [-0.25, -0.2) is 8.42 Å². The van der Waals surface area contributed by atoms with Crippen LogP contribution in [0.25, 0.3) is 0 Å². The Hall–Kier alpha value is -2.45. The van der Waals surface area contributed by atoms with Crippen LogP contribution in [-0.4, -0.2) is 31.8 Å². The highest BCUT2D eigenvalue weighted by molar-refractivity contribution is 7.89. The topological polar surface area (TPSA) is 89.8 Å². The second-order valence-electron chi connectivity index (χ2n) is 5.28. The van der Waals surface area contributed by atoms with Crippen LogP contribution < -0.4 is 4.74 Å². The second kappa shape index (κ2) is 6.98. The first-order valence-electron chi connectivity index (χ1n) is 7.10. The Labute approximate surface area is 140 Å². The summed E-state index contributed by atoms with van der Waals surface area (Å²) in [5.74, 6) is 0.597. The highest BCUT2D eigenvalue weighted by Gasteiger charge is 2.25. The van der Waals surface area contributed by atoms with E-state index in [0.717, 1.165) is 5.56 Å². The van der Waals surface area contributed by atoms with Crippen LogP contribution in [0.1, 0.15) is 11.1 Å². The fraction of sp³-hybridized carbons (Fsp3) is 0.250. The lowest BCUT2D eigenvalue weighted by Crippen LogP contribution is -2.27. The third-order valence-corrected chi connectivity index (χ3v) is 5.61. The summed E-state index contributed by atoms with van der Waals surface area (Å²) in [6, 6.07) is 10.9. The van der Waals surface area contributed by atoms with Crippen LogP contribution in [0.3, 0.4) is 0 Å². The Balaban J connectivity index is 2.34. The van der Waals surface area contributed by atoms with Crippen molar-refractivity contribution in [1.82, 2.24) is 4.31 Å². The first-order valence-corrected chi connectivity index (χ1v) is 8.54. The molecular weight excluding hydrogens is 332 g/mol. The zero-order chi connectivity index (χ0) is 17.9. The van der Waals surface area contributed by atoms with Gasteiger partial charge in [0.2, 0.25) is 10.0 Å². The lowest BCUT2D eigenvalue weighted by atomic mass is 10.2. The maximum Gasteiger partial charge on any atom is 0.269 e. The molecule has 0 atom stereocenters. The minimum atomic E-state index is -3.78. The standard InChI is InChI=1S/C16H18N2O5S/c1-12-10-14(18(19)20)8-9-16(12)24(21,22)17(2)11-13-6-4-5-7-15(13)23-3/h4-10H,11H2,1-3H3. The number of ether oxygens (including phenoxy) is 1. The normalized spacial score (nSPS) is 11.5. The molecule has 0 bridgehead atoms. The predicted octanol–water partition coefficient (Wildman–Crippen LogP) is 2.73. The predicted molar refractivity (Wildman–Crippen MR) is 89.5 cm³/mol. The number of non-ortho nitro benzene ring substituents is 1. The van der Waals surface area contributed by atoms with Crippen LogP contribution in [0.5, 0.6) is 5.75 Å². The van der Waals surface area contributed by atoms with Gasteiger partial charge >= 0.3 is 0 Å². The molecule has 0 aliphatic heterocycles. The molecule has 128 valence electrons. The van der Waals surface area contributed by atoms with Crippen molar-refractivity contribution < 1.29 is 18.1 Å². The van der Waals surface area contributed by atoms with Gasteiger partial charge in [0.25, 0.3) is 5.69 Å². The van der Waals surface area contributed by atoms with E-state index in [-0.39, 0.29) is 17.1 Å². The Kier molecular flexibility index (Phi) is 5.20. The van der Waals surface area contributed by atoms with E-state index >= 15 is 0 Å². The Morgan fingerprint density at radius 2 is 1.88 bits per heavy atom. The zero-order valence-electron chi connectivity index (χ0n) is 13.6. The summed E-state index contributed by atoms with van der Waals surface area (Å²) in [5.41, 5.74) is 0.917. The van der Waals surface area contributed by atoms with Crippen molar-refractivity contribution in [3.05, 3.63) is 63.7 Å². The number of aryl methyl sites for hydroxylation is 1. The Morgan fingerprint density at radius 1 is 1.21 bits per heavy atom. The van der Waals surface area contributed by atoms with Crippen molar-refractivity contribution in [2.75, 3.05) is 14.2 Å². The van der Waals surface area contributed by atoms with Crippen molar-refractivity contribution in [2.24, 2.45) is 0 Å². The Bertz CT molecular complexity index is 865. The number of hydrogen-bond donors (Lipinski definition) is 0. The summed E-state index contributed by atoms with van der Waals surface area (Å²) in [5, 5.41) is 10.8. The minimum absolute atomic E-state index is 0.0468. The molecule has 2 rings (SSSR count). The van der Waals surface area contributed by atoms with Gasteiger partial charge in [-0.3, -0.25) is 10.1 Å². The maximum absolute atomic E-state index is 12.8. The van der Waals surface area contributed by atoms with E-state index in [9.17, 15) is 18.5 Å². The average molecular weight is 350 g/mol. The quantitative estimate of drug-likeness (QED) is 0.590. The van der Waals surface area contributed by atoms with Gasteiger partial charge in [-0.2, -0.15) is 4.31 Å². The van der Waals surface area contributed by atoms with E-state index in [4.69, 9.17) is 4.74 Å². The van der Waals surface area contributed by atoms with Gasteiger partial charge in [0.05, 0.1) is 16.9 Å². The molecular formula is C16H18N2O5S. The molecule has 0 amide bonds. The number of nitro benzene ring substituents is 1. The molecule has 0 saturated heterocycles. The number of para-hydroxylation sites is 1. The van der Waals surface area contributed by atoms with Crippen LogP contribution in [-0.2, 0) is 16.6 Å². The molecule has 0 unspecified atom stereocenters. The molecule has 2 aromatic rings. The molecule has 0 fully saturated rings. The number of nitrogens with zero attached hydrogens (tertiary/aromatic N) is 2. The molecule has 0 spiro atoms. The largest absolute Gasteiger partial charge is 0.496 e. The van der Waals surface area contributed by atoms with Crippen LogP contribution in [0.4, 0.5) is 5.69 Å². The van der Waals surface area contributed by atoms with Crippen molar-refractivity contribution in [3.8, 4) is 5.75 Å². The molecule has 0 saturated carbocycles. The first kappa shape index (κ1) is 17.9. The summed E-state index contributed by atoms with van der Waals surface area (Å²) in [4.78, 5) is 10.3. The summed E-state index contributed by atoms with van der Waals surface area (Å²) in [6.07, 6.45) is 0. The highest BCUT2D eigenvalue weighted by Crippen LogP contribution is 2.26. The lowest BCUT2D eigenvalue weighted by Gasteiger charge is -2.19. The molecule has 2 aromatic carbocycles. The van der Waals surface area contributed by atoms with Crippen LogP contribution in [0.2, 0.25) is 0 Å². The molecule has 0 radical (unpaired) electrons. The fourth-order valence-corrected chi connectivity index (χ4v) is 3.71. The molecule has 0 aliphatic carbocycles. The van der Waals surface area contributed by atoms with Crippen LogP contribution in [0.15, 0.2) is 47.4 Å². The minimum Gasteiger partial charge on any atom is -0.496 e. The Morgan fingerprint density at radius 3 is 2.46 bits per heavy atom. The molecule has 0 aliphatic rings. The van der Waals surface area contributed by atoms with E-state index in [1.807, 2.05) is 0 Å². The average Bonchev–Trinajstić information content (AvgIpc) is 2.54. The van der Waals surface area contributed by atoms with Gasteiger partial charge < -0.3 is 4.74 Å². The smallest absolute Gasteiger partial charge is 0.269 e. The van der Waals surface area contributed by atoms with Crippen LogP contribution >= 0.6 is 0 Å². The van der Waals surface area contributed by atoms with Crippen molar-refractivity contribution >= 4 is 15.7 Å². The van der Waals surface area contributed by atoms with Crippen molar-refractivity contribution in [2.45, 2.75) is 18.4 Å². The highest BCUT2D eigenvalue weighted by atomic mass is 32.2. The van der Waals surface area contributed by atoms with Gasteiger partial charge in [0, 0.05) is 31.3 Å². The van der Waals surface area contributed by atoms with E-state index < -0.39 is 14.9 Å². The zero-order valence-corrected chi connectivity index (χ0v) is 14.4. The molecule has 24 heavy (non-hydrogen) atoms. The third-order valence-electron chi connectivity index (χ3n) is 3.64. The molecule has 0 N–H and O–H groups in total. The first-order chi connectivity index (χ1) is 11.3. The van der Waals surface area contributed by atoms with Gasteiger partial charge in [0.1, 0.15) is 5.75 Å². The summed E-state index contributed by atoms with van der Waals surface area (Å²) in [6.45, 7) is 1.67. The number of benzene rings is 2. The summed E-state index contributed by atoms with van der Waals surface area (Å²) >= 11 is 0. The monoisotopic (exact) mass is 350 g/mol. The van der Waals surface area contributed by atoms with E-state index in [0.29, 0.717) is 11.3 Å². The van der Waals surface area contributed by atoms with E-state index in [2.05, 4.69) is 0 Å². The van der Waals surface area contributed by atoms with Crippen LogP contribution in [0, 0.1) is 17.0 Å². The van der Waals surface area contributed by atoms with Crippen molar-refractivity contribution in [3.63, 3.8) is 0 Å². The molecule has 8 heteroatoms. The molecule has 0 aromatic heterocycles. The van der Waals surface area contributed by atoms with Gasteiger partial charge in [-0.15, -0.1) is 0 Å². The number of sulfonamides is 1. The molecule has 0 heterocycles. The fourth-order valence-electron chi connectivity index (χ4n) is 2.36. The number of hydrogen-bond acceptors (Lipinski definition) is 5. The summed E-state index contributed by atoms with van der Waals surface area (Å²) < 4.78 is 31.9. The van der Waals surface area contributed by atoms with Gasteiger partial charge in [0.15, 0.2) is 0 Å². The van der Waals surface area contributed by atoms with Gasteiger partial charge in [-0.05, 0) is 24.6 Å². The van der Waals surface area contributed by atoms with Crippen molar-refractivity contribution in [1.29, 1.82) is 0 Å². The third kappa shape index (κ3) is 3.55.